The number of fused-ring (bicyclic) bond motifs is 1. The second kappa shape index (κ2) is 5.71. The Morgan fingerprint density at radius 3 is 2.42 bits per heavy atom. The van der Waals surface area contributed by atoms with Crippen LogP contribution >= 0.6 is 43.5 Å². The summed E-state index contributed by atoms with van der Waals surface area (Å²) in [4.78, 5) is 11.8. The average molecular weight is 432 g/mol. The fourth-order valence-corrected chi connectivity index (χ4v) is 4.64. The first kappa shape index (κ1) is 15.3. The number of rotatable bonds is 4. The molecule has 1 aromatic carbocycles. The molecule has 0 aromatic heterocycles. The zero-order chi connectivity index (χ0) is 14.2. The molecule has 0 saturated carbocycles. The van der Waals surface area contributed by atoms with Crippen LogP contribution in [0.5, 0.6) is 0 Å². The summed E-state index contributed by atoms with van der Waals surface area (Å²) in [5, 5.41) is 0. The largest absolute Gasteiger partial charge is 0.269 e. The van der Waals surface area contributed by atoms with Gasteiger partial charge in [0.1, 0.15) is 4.90 Å². The molecule has 0 N–H and O–H groups in total. The number of carbonyl (C=O) groups excluding carboxylic acids is 1. The molecule has 1 heterocycles. The molecule has 0 bridgehead atoms. The van der Waals surface area contributed by atoms with Gasteiger partial charge in [-0.3, -0.25) is 4.79 Å². The van der Waals surface area contributed by atoms with E-state index in [1.807, 2.05) is 0 Å². The number of benzene rings is 1. The SMILES string of the molecule is O=C1c2ccccc2S(=O)(=O)N1C[C@@H](Br)[C@@H](Br)CCl. The second-order valence-electron chi connectivity index (χ2n) is 4.02. The van der Waals surface area contributed by atoms with E-state index in [-0.39, 0.29) is 26.7 Å². The number of hydrogen-bond donors (Lipinski definition) is 0. The quantitative estimate of drug-likeness (QED) is 0.689. The smallest absolute Gasteiger partial charge is 0.268 e. The van der Waals surface area contributed by atoms with Crippen molar-refractivity contribution in [2.45, 2.75) is 14.5 Å². The Bertz CT molecular complexity index is 608. The van der Waals surface area contributed by atoms with Crippen LogP contribution in [0.25, 0.3) is 0 Å². The third kappa shape index (κ3) is 2.70. The van der Waals surface area contributed by atoms with Crippen molar-refractivity contribution < 1.29 is 13.2 Å². The zero-order valence-electron chi connectivity index (χ0n) is 9.59. The van der Waals surface area contributed by atoms with Gasteiger partial charge in [0.05, 0.1) is 12.1 Å². The Hall–Kier alpha value is -0.110. The van der Waals surface area contributed by atoms with Crippen molar-refractivity contribution in [3.05, 3.63) is 29.8 Å². The lowest BCUT2D eigenvalue weighted by atomic mass is 10.2. The summed E-state index contributed by atoms with van der Waals surface area (Å²) in [6.07, 6.45) is 0. The van der Waals surface area contributed by atoms with Crippen LogP contribution in [-0.4, -0.2) is 40.7 Å². The molecule has 0 spiro atoms. The molecule has 0 fully saturated rings. The van der Waals surface area contributed by atoms with Gasteiger partial charge in [-0.1, -0.05) is 44.0 Å². The van der Waals surface area contributed by atoms with E-state index in [1.165, 1.54) is 12.1 Å². The topological polar surface area (TPSA) is 54.5 Å². The van der Waals surface area contributed by atoms with Crippen LogP contribution in [0.2, 0.25) is 0 Å². The van der Waals surface area contributed by atoms with E-state index in [9.17, 15) is 13.2 Å². The first-order valence-corrected chi connectivity index (χ1v) is 9.20. The molecule has 0 aliphatic carbocycles. The van der Waals surface area contributed by atoms with Crippen molar-refractivity contribution in [3.63, 3.8) is 0 Å². The van der Waals surface area contributed by atoms with Gasteiger partial charge in [0.25, 0.3) is 15.9 Å². The van der Waals surface area contributed by atoms with Gasteiger partial charge in [0, 0.05) is 15.5 Å². The van der Waals surface area contributed by atoms with Gasteiger partial charge in [-0.05, 0) is 12.1 Å². The maximum Gasteiger partial charge on any atom is 0.269 e. The standard InChI is InChI=1S/C11H10Br2ClNO3S/c12-8(5-14)9(13)6-15-11(16)7-3-1-2-4-10(7)19(15,17)18/h1-4,8-9H,5-6H2/t8-,9+/m0/s1. The molecule has 8 heteroatoms. The van der Waals surface area contributed by atoms with Gasteiger partial charge in [0.2, 0.25) is 0 Å². The van der Waals surface area contributed by atoms with E-state index in [0.29, 0.717) is 5.88 Å². The van der Waals surface area contributed by atoms with Gasteiger partial charge < -0.3 is 0 Å². The maximum atomic E-state index is 12.3. The molecular weight excluding hydrogens is 421 g/mol. The summed E-state index contributed by atoms with van der Waals surface area (Å²) in [5.41, 5.74) is 0.221. The monoisotopic (exact) mass is 429 g/mol. The van der Waals surface area contributed by atoms with Crippen LogP contribution in [0.3, 0.4) is 0 Å². The average Bonchev–Trinajstić information content (AvgIpc) is 2.59. The normalized spacial score (nSPS) is 20.2. The molecule has 0 radical (unpaired) electrons. The van der Waals surface area contributed by atoms with E-state index in [4.69, 9.17) is 11.6 Å². The highest BCUT2D eigenvalue weighted by molar-refractivity contribution is 9.12. The molecule has 1 aliphatic heterocycles. The Morgan fingerprint density at radius 2 is 1.84 bits per heavy atom. The van der Waals surface area contributed by atoms with Crippen LogP contribution in [-0.2, 0) is 10.0 Å². The molecule has 4 nitrogen and oxygen atoms in total. The van der Waals surface area contributed by atoms with E-state index in [1.54, 1.807) is 12.1 Å². The summed E-state index contributed by atoms with van der Waals surface area (Å²) in [5.74, 6) is -0.181. The molecule has 2 rings (SSSR count). The number of nitrogens with zero attached hydrogens (tertiary/aromatic N) is 1. The van der Waals surface area contributed by atoms with Crippen LogP contribution in [0.1, 0.15) is 10.4 Å². The Balaban J connectivity index is 2.33. The first-order valence-electron chi connectivity index (χ1n) is 5.39. The fraction of sp³-hybridized carbons (Fsp3) is 0.364. The summed E-state index contributed by atoms with van der Waals surface area (Å²) >= 11 is 12.4. The van der Waals surface area contributed by atoms with Crippen molar-refractivity contribution in [2.24, 2.45) is 0 Å². The number of alkyl halides is 3. The molecule has 2 atom stereocenters. The van der Waals surface area contributed by atoms with E-state index in [2.05, 4.69) is 31.9 Å². The van der Waals surface area contributed by atoms with E-state index in [0.717, 1.165) is 4.31 Å². The van der Waals surface area contributed by atoms with Crippen LogP contribution < -0.4 is 0 Å². The number of sulfonamides is 1. The molecular formula is C11H10Br2ClNO3S. The van der Waals surface area contributed by atoms with Crippen molar-refractivity contribution >= 4 is 59.4 Å². The highest BCUT2D eigenvalue weighted by Crippen LogP contribution is 2.31. The number of amides is 1. The third-order valence-corrected chi connectivity index (χ3v) is 7.90. The lowest BCUT2D eigenvalue weighted by Gasteiger charge is -2.21. The van der Waals surface area contributed by atoms with Crippen molar-refractivity contribution in [1.29, 1.82) is 0 Å². The van der Waals surface area contributed by atoms with Crippen molar-refractivity contribution in [2.75, 3.05) is 12.4 Å². The van der Waals surface area contributed by atoms with Crippen molar-refractivity contribution in [3.8, 4) is 0 Å². The van der Waals surface area contributed by atoms with E-state index >= 15 is 0 Å². The minimum Gasteiger partial charge on any atom is -0.268 e. The third-order valence-electron chi connectivity index (χ3n) is 2.79. The Labute approximate surface area is 133 Å². The molecule has 1 aliphatic rings. The second-order valence-corrected chi connectivity index (χ2v) is 8.52. The minimum atomic E-state index is -3.74. The summed E-state index contributed by atoms with van der Waals surface area (Å²) in [6.45, 7) is 0.0402. The molecule has 19 heavy (non-hydrogen) atoms. The molecule has 1 aromatic rings. The lowest BCUT2D eigenvalue weighted by molar-refractivity contribution is 0.0872. The number of carbonyl (C=O) groups is 1. The zero-order valence-corrected chi connectivity index (χ0v) is 14.3. The highest BCUT2D eigenvalue weighted by atomic mass is 79.9. The van der Waals surface area contributed by atoms with Gasteiger partial charge in [-0.15, -0.1) is 11.6 Å². The maximum absolute atomic E-state index is 12.3. The number of hydrogen-bond acceptors (Lipinski definition) is 3. The summed E-state index contributed by atoms with van der Waals surface area (Å²) in [6, 6.07) is 6.21. The Kier molecular flexibility index (Phi) is 4.59. The summed E-state index contributed by atoms with van der Waals surface area (Å²) < 4.78 is 25.4. The fourth-order valence-electron chi connectivity index (χ4n) is 1.78. The van der Waals surface area contributed by atoms with Gasteiger partial charge >= 0.3 is 0 Å². The predicted octanol–water partition coefficient (Wildman–Crippen LogP) is 2.60. The summed E-state index contributed by atoms with van der Waals surface area (Å²) in [7, 11) is -3.74. The van der Waals surface area contributed by atoms with Gasteiger partial charge in [-0.25, -0.2) is 12.7 Å². The molecule has 0 saturated heterocycles. The molecule has 104 valence electrons. The highest BCUT2D eigenvalue weighted by Gasteiger charge is 2.42. The molecule has 1 amide bonds. The van der Waals surface area contributed by atoms with Crippen LogP contribution in [0, 0.1) is 0 Å². The van der Waals surface area contributed by atoms with Crippen LogP contribution in [0.15, 0.2) is 29.2 Å². The van der Waals surface area contributed by atoms with Gasteiger partial charge in [-0.2, -0.15) is 0 Å². The number of halogens is 3. The Morgan fingerprint density at radius 1 is 1.21 bits per heavy atom. The van der Waals surface area contributed by atoms with Crippen molar-refractivity contribution in [1.82, 2.24) is 4.31 Å². The predicted molar refractivity (Wildman–Crippen MR) is 80.8 cm³/mol. The van der Waals surface area contributed by atoms with Crippen LogP contribution in [0.4, 0.5) is 0 Å². The van der Waals surface area contributed by atoms with Gasteiger partial charge in [0.15, 0.2) is 0 Å². The molecule has 0 unspecified atom stereocenters. The van der Waals surface area contributed by atoms with E-state index < -0.39 is 15.9 Å². The first-order chi connectivity index (χ1) is 8.89. The minimum absolute atomic E-state index is 0.0402. The lowest BCUT2D eigenvalue weighted by Crippen LogP contribution is -2.38.